The average molecular weight is 267 g/mol. The van der Waals surface area contributed by atoms with Crippen molar-refractivity contribution in [2.45, 2.75) is 31.5 Å². The number of rotatable bonds is 5. The highest BCUT2D eigenvalue weighted by Crippen LogP contribution is 2.42. The Bertz CT molecular complexity index is 410. The molecule has 1 saturated carbocycles. The summed E-state index contributed by atoms with van der Waals surface area (Å²) in [6, 6.07) is 9.04. The van der Waals surface area contributed by atoms with Crippen LogP contribution in [0, 0.1) is 5.92 Å². The first-order valence-electron chi connectivity index (χ1n) is 6.30. The Balaban J connectivity index is 1.42. The minimum Gasteiger partial charge on any atom is -0.372 e. The number of hydrogen-bond acceptors (Lipinski definition) is 4. The van der Waals surface area contributed by atoms with Gasteiger partial charge in [0.2, 0.25) is 0 Å². The maximum Gasteiger partial charge on any atom is 0.750 e. The second kappa shape index (κ2) is 5.35. The van der Waals surface area contributed by atoms with Crippen LogP contribution in [0.4, 0.5) is 0 Å². The van der Waals surface area contributed by atoms with Crippen LogP contribution in [-0.2, 0) is 13.8 Å². The summed E-state index contributed by atoms with van der Waals surface area (Å²) in [4.78, 5) is 0. The summed E-state index contributed by atoms with van der Waals surface area (Å²) in [5, 5.41) is 0. The fraction of sp³-hybridized carbons (Fsp3) is 0.538. The third-order valence-electron chi connectivity index (χ3n) is 3.57. The summed E-state index contributed by atoms with van der Waals surface area (Å²) in [6.07, 6.45) is 3.95. The van der Waals surface area contributed by atoms with E-state index in [1.54, 1.807) is 12.1 Å². The number of fused-ring (bicyclic) bond motifs is 1. The molecule has 96 valence electrons. The predicted molar refractivity (Wildman–Crippen MR) is 66.6 cm³/mol. The molecule has 2 fully saturated rings. The Labute approximate surface area is 107 Å². The van der Waals surface area contributed by atoms with Crippen LogP contribution >= 0.6 is 8.25 Å². The highest BCUT2D eigenvalue weighted by molar-refractivity contribution is 7.33. The Hall–Kier alpha value is -0.960. The molecule has 1 saturated heterocycles. The third-order valence-corrected chi connectivity index (χ3v) is 4.29. The molecule has 2 aliphatic rings. The van der Waals surface area contributed by atoms with Crippen molar-refractivity contribution >= 4 is 8.25 Å². The van der Waals surface area contributed by atoms with Gasteiger partial charge in [0.1, 0.15) is 6.61 Å². The van der Waals surface area contributed by atoms with Crippen LogP contribution in [0.1, 0.15) is 19.3 Å². The SMILES string of the molecule is O=[P+](OCC1CC2CCC2O1)Oc1ccccc1. The molecule has 1 aromatic rings. The van der Waals surface area contributed by atoms with Gasteiger partial charge in [0, 0.05) is 4.57 Å². The Morgan fingerprint density at radius 3 is 2.72 bits per heavy atom. The fourth-order valence-electron chi connectivity index (χ4n) is 2.47. The lowest BCUT2D eigenvalue weighted by molar-refractivity contribution is -0.0196. The largest absolute Gasteiger partial charge is 0.750 e. The second-order valence-corrected chi connectivity index (χ2v) is 5.68. The van der Waals surface area contributed by atoms with Crippen molar-refractivity contribution in [1.29, 1.82) is 0 Å². The van der Waals surface area contributed by atoms with Gasteiger partial charge in [0.15, 0.2) is 5.75 Å². The molecule has 0 radical (unpaired) electrons. The van der Waals surface area contributed by atoms with Crippen LogP contribution in [0.25, 0.3) is 0 Å². The summed E-state index contributed by atoms with van der Waals surface area (Å²) < 4.78 is 27.7. The van der Waals surface area contributed by atoms with E-state index in [0.29, 0.717) is 24.4 Å². The van der Waals surface area contributed by atoms with E-state index >= 15 is 0 Å². The summed E-state index contributed by atoms with van der Waals surface area (Å²) >= 11 is 0. The van der Waals surface area contributed by atoms with Crippen LogP contribution in [0.3, 0.4) is 0 Å². The molecule has 0 bridgehead atoms. The van der Waals surface area contributed by atoms with Crippen LogP contribution in [0.15, 0.2) is 30.3 Å². The molecule has 1 aromatic carbocycles. The predicted octanol–water partition coefficient (Wildman–Crippen LogP) is 3.31. The standard InChI is InChI=1S/C13H16O4P/c14-18(17-11-4-2-1-3-5-11)15-9-12-8-10-6-7-13(10)16-12/h1-5,10,12-13H,6-9H2/q+1. The number of hydrogen-bond donors (Lipinski definition) is 0. The van der Waals surface area contributed by atoms with Crippen molar-refractivity contribution in [1.82, 2.24) is 0 Å². The molecule has 4 nitrogen and oxygen atoms in total. The monoisotopic (exact) mass is 267 g/mol. The topological polar surface area (TPSA) is 44.8 Å². The van der Waals surface area contributed by atoms with E-state index < -0.39 is 8.25 Å². The first-order valence-corrected chi connectivity index (χ1v) is 7.39. The molecule has 0 spiro atoms. The zero-order chi connectivity index (χ0) is 12.4. The molecular formula is C13H16O4P+. The zero-order valence-corrected chi connectivity index (χ0v) is 10.9. The van der Waals surface area contributed by atoms with Crippen LogP contribution in [0.2, 0.25) is 0 Å². The van der Waals surface area contributed by atoms with Crippen molar-refractivity contribution in [2.24, 2.45) is 5.92 Å². The summed E-state index contributed by atoms with van der Waals surface area (Å²) in [5.74, 6) is 1.26. The molecule has 18 heavy (non-hydrogen) atoms. The average Bonchev–Trinajstić information content (AvgIpc) is 2.64. The molecule has 3 rings (SSSR count). The maximum absolute atomic E-state index is 11.6. The van der Waals surface area contributed by atoms with Gasteiger partial charge in [-0.2, -0.15) is 0 Å². The molecule has 4 atom stereocenters. The van der Waals surface area contributed by atoms with Gasteiger partial charge in [-0.25, -0.2) is 4.52 Å². The minimum absolute atomic E-state index is 0.0841. The summed E-state index contributed by atoms with van der Waals surface area (Å²) in [7, 11) is -2.11. The van der Waals surface area contributed by atoms with Gasteiger partial charge in [-0.15, -0.1) is 4.52 Å². The molecular weight excluding hydrogens is 251 g/mol. The van der Waals surface area contributed by atoms with Crippen molar-refractivity contribution in [3.05, 3.63) is 30.3 Å². The normalized spacial score (nSPS) is 30.4. The quantitative estimate of drug-likeness (QED) is 0.768. The van der Waals surface area contributed by atoms with Crippen LogP contribution in [0.5, 0.6) is 5.75 Å². The lowest BCUT2D eigenvalue weighted by atomic mass is 9.81. The lowest BCUT2D eigenvalue weighted by Crippen LogP contribution is -2.26. The first-order chi connectivity index (χ1) is 8.81. The highest BCUT2D eigenvalue weighted by atomic mass is 31.1. The van der Waals surface area contributed by atoms with Gasteiger partial charge in [-0.05, 0) is 37.3 Å². The van der Waals surface area contributed by atoms with E-state index in [0.717, 1.165) is 12.8 Å². The van der Waals surface area contributed by atoms with E-state index in [-0.39, 0.29) is 6.10 Å². The summed E-state index contributed by atoms with van der Waals surface area (Å²) in [6.45, 7) is 0.356. The Morgan fingerprint density at radius 1 is 1.28 bits per heavy atom. The van der Waals surface area contributed by atoms with Gasteiger partial charge in [-0.1, -0.05) is 18.2 Å². The van der Waals surface area contributed by atoms with E-state index in [1.165, 1.54) is 6.42 Å². The molecule has 0 N–H and O–H groups in total. The molecule has 0 aromatic heterocycles. The van der Waals surface area contributed by atoms with Gasteiger partial charge in [0.25, 0.3) is 0 Å². The zero-order valence-electron chi connectivity index (χ0n) is 10.0. The molecule has 5 heteroatoms. The number of benzene rings is 1. The van der Waals surface area contributed by atoms with Crippen LogP contribution < -0.4 is 4.52 Å². The first kappa shape index (κ1) is 12.1. The van der Waals surface area contributed by atoms with Gasteiger partial charge < -0.3 is 4.74 Å². The van der Waals surface area contributed by atoms with E-state index in [4.69, 9.17) is 13.8 Å². The van der Waals surface area contributed by atoms with Crippen molar-refractivity contribution in [3.63, 3.8) is 0 Å². The lowest BCUT2D eigenvalue weighted by Gasteiger charge is -2.27. The van der Waals surface area contributed by atoms with E-state index in [1.807, 2.05) is 18.2 Å². The second-order valence-electron chi connectivity index (χ2n) is 4.79. The van der Waals surface area contributed by atoms with Crippen molar-refractivity contribution in [3.8, 4) is 5.75 Å². The van der Waals surface area contributed by atoms with E-state index in [2.05, 4.69) is 0 Å². The van der Waals surface area contributed by atoms with Gasteiger partial charge in [0.05, 0.1) is 12.2 Å². The maximum atomic E-state index is 11.6. The van der Waals surface area contributed by atoms with Gasteiger partial charge >= 0.3 is 8.25 Å². The molecule has 4 unspecified atom stereocenters. The number of ether oxygens (including phenoxy) is 1. The third kappa shape index (κ3) is 2.72. The smallest absolute Gasteiger partial charge is 0.372 e. The van der Waals surface area contributed by atoms with Crippen molar-refractivity contribution < 1.29 is 18.3 Å². The Morgan fingerprint density at radius 2 is 2.11 bits per heavy atom. The fourth-order valence-corrected chi connectivity index (χ4v) is 3.11. The van der Waals surface area contributed by atoms with E-state index in [9.17, 15) is 4.57 Å². The molecule has 1 heterocycles. The Kier molecular flexibility index (Phi) is 3.59. The highest BCUT2D eigenvalue weighted by Gasteiger charge is 2.42. The van der Waals surface area contributed by atoms with Crippen LogP contribution in [-0.4, -0.2) is 18.8 Å². The number of para-hydroxylation sites is 1. The minimum atomic E-state index is -2.11. The van der Waals surface area contributed by atoms with Crippen molar-refractivity contribution in [2.75, 3.05) is 6.61 Å². The summed E-state index contributed by atoms with van der Waals surface area (Å²) in [5.41, 5.74) is 0. The molecule has 0 amide bonds. The molecule has 1 aliphatic heterocycles. The van der Waals surface area contributed by atoms with Gasteiger partial charge in [-0.3, -0.25) is 0 Å². The molecule has 1 aliphatic carbocycles.